The summed E-state index contributed by atoms with van der Waals surface area (Å²) >= 11 is 4.25. The van der Waals surface area contributed by atoms with Crippen molar-refractivity contribution in [2.75, 3.05) is 0 Å². The first-order chi connectivity index (χ1) is 7.36. The number of aromatic nitrogens is 5. The van der Waals surface area contributed by atoms with E-state index < -0.39 is 0 Å². The summed E-state index contributed by atoms with van der Waals surface area (Å²) in [6.07, 6.45) is 6.90. The molecule has 0 radical (unpaired) electrons. The van der Waals surface area contributed by atoms with E-state index in [-0.39, 0.29) is 0 Å². The number of aromatic amines is 1. The smallest absolute Gasteiger partial charge is 0.153 e. The second-order valence-electron chi connectivity index (χ2n) is 3.11. The minimum atomic E-state index is 0.796. The predicted octanol–water partition coefficient (Wildman–Crippen LogP) is 1.51. The van der Waals surface area contributed by atoms with Crippen LogP contribution in [0, 0.1) is 0 Å². The van der Waals surface area contributed by atoms with Crippen molar-refractivity contribution < 1.29 is 0 Å². The molecule has 3 rings (SSSR count). The molecule has 5 nitrogen and oxygen atoms in total. The molecule has 0 atom stereocenters. The highest BCUT2D eigenvalue weighted by molar-refractivity contribution is 7.78. The van der Waals surface area contributed by atoms with Crippen LogP contribution in [0.25, 0.3) is 22.3 Å². The molecule has 1 N–H and O–H groups in total. The molecule has 0 aliphatic rings. The number of rotatable bonds is 1. The van der Waals surface area contributed by atoms with Crippen molar-refractivity contribution >= 4 is 23.8 Å². The zero-order valence-corrected chi connectivity index (χ0v) is 8.52. The first-order valence-corrected chi connectivity index (χ1v) is 4.77. The van der Waals surface area contributed by atoms with Gasteiger partial charge < -0.3 is 0 Å². The molecule has 3 heterocycles. The average Bonchev–Trinajstić information content (AvgIpc) is 2.88. The van der Waals surface area contributed by atoms with Gasteiger partial charge in [0.05, 0.1) is 11.9 Å². The van der Waals surface area contributed by atoms with Crippen LogP contribution in [-0.4, -0.2) is 24.1 Å². The van der Waals surface area contributed by atoms with Crippen molar-refractivity contribution in [1.82, 2.24) is 24.1 Å². The minimum absolute atomic E-state index is 0.796. The number of H-pyrrole nitrogens is 1. The van der Waals surface area contributed by atoms with Gasteiger partial charge in [0.15, 0.2) is 5.65 Å². The Morgan fingerprint density at radius 2 is 2.27 bits per heavy atom. The third kappa shape index (κ3) is 1.22. The number of nitrogens with zero attached hydrogens (tertiary/aromatic N) is 4. The molecule has 0 fully saturated rings. The fraction of sp³-hybridized carbons (Fsp3) is 0. The van der Waals surface area contributed by atoms with Gasteiger partial charge in [-0.15, -0.1) is 0 Å². The molecule has 0 aliphatic carbocycles. The van der Waals surface area contributed by atoms with E-state index in [1.807, 2.05) is 12.3 Å². The number of thiol groups is 1. The van der Waals surface area contributed by atoms with Gasteiger partial charge in [-0.25, -0.2) is 9.97 Å². The molecule has 0 saturated heterocycles. The highest BCUT2D eigenvalue weighted by Crippen LogP contribution is 2.25. The molecule has 0 amide bonds. The Labute approximate surface area is 90.7 Å². The topological polar surface area (TPSA) is 59.4 Å². The summed E-state index contributed by atoms with van der Waals surface area (Å²) < 4.78 is 1.67. The Morgan fingerprint density at radius 1 is 1.33 bits per heavy atom. The Bertz CT molecular complexity index is 598. The maximum absolute atomic E-state index is 4.25. The zero-order valence-electron chi connectivity index (χ0n) is 7.62. The summed E-state index contributed by atoms with van der Waals surface area (Å²) in [6, 6.07) is 1.94. The van der Waals surface area contributed by atoms with Gasteiger partial charge in [-0.3, -0.25) is 9.07 Å². The van der Waals surface area contributed by atoms with Crippen molar-refractivity contribution in [1.29, 1.82) is 0 Å². The van der Waals surface area contributed by atoms with Gasteiger partial charge in [-0.05, 0) is 6.07 Å². The maximum atomic E-state index is 4.25. The quantitative estimate of drug-likeness (QED) is 0.607. The van der Waals surface area contributed by atoms with Crippen LogP contribution in [0.2, 0.25) is 0 Å². The Hall–Kier alpha value is -1.82. The van der Waals surface area contributed by atoms with Crippen LogP contribution in [0.15, 0.2) is 31.0 Å². The third-order valence-electron chi connectivity index (χ3n) is 2.23. The largest absolute Gasteiger partial charge is 0.285 e. The first-order valence-electron chi connectivity index (χ1n) is 4.37. The lowest BCUT2D eigenvalue weighted by Crippen LogP contribution is -1.87. The number of hydrogen-bond acceptors (Lipinski definition) is 4. The van der Waals surface area contributed by atoms with Crippen LogP contribution < -0.4 is 0 Å². The Kier molecular flexibility index (Phi) is 1.75. The fourth-order valence-electron chi connectivity index (χ4n) is 1.55. The monoisotopic (exact) mass is 217 g/mol. The molecule has 3 aromatic heterocycles. The fourth-order valence-corrected chi connectivity index (χ4v) is 1.77. The van der Waals surface area contributed by atoms with Gasteiger partial charge in [-0.2, -0.15) is 5.10 Å². The van der Waals surface area contributed by atoms with E-state index >= 15 is 0 Å². The molecule has 3 aromatic rings. The second-order valence-corrected chi connectivity index (χ2v) is 3.54. The van der Waals surface area contributed by atoms with Gasteiger partial charge in [0, 0.05) is 23.3 Å². The van der Waals surface area contributed by atoms with E-state index in [2.05, 4.69) is 33.0 Å². The summed E-state index contributed by atoms with van der Waals surface area (Å²) in [6.45, 7) is 0. The highest BCUT2D eigenvalue weighted by atomic mass is 32.1. The van der Waals surface area contributed by atoms with E-state index in [0.29, 0.717) is 0 Å². The van der Waals surface area contributed by atoms with Crippen LogP contribution in [0.3, 0.4) is 0 Å². The van der Waals surface area contributed by atoms with E-state index in [9.17, 15) is 0 Å². The van der Waals surface area contributed by atoms with E-state index in [4.69, 9.17) is 0 Å². The molecule has 0 unspecified atom stereocenters. The molecule has 74 valence electrons. The van der Waals surface area contributed by atoms with Crippen molar-refractivity contribution in [3.63, 3.8) is 0 Å². The molecular weight excluding hydrogens is 210 g/mol. The lowest BCUT2D eigenvalue weighted by molar-refractivity contribution is 1.09. The van der Waals surface area contributed by atoms with Crippen molar-refractivity contribution in [2.24, 2.45) is 0 Å². The lowest BCUT2D eigenvalue weighted by Gasteiger charge is -1.98. The number of fused-ring (bicyclic) bond motifs is 1. The van der Waals surface area contributed by atoms with Crippen molar-refractivity contribution in [3.05, 3.63) is 31.0 Å². The highest BCUT2D eigenvalue weighted by Gasteiger charge is 2.09. The van der Waals surface area contributed by atoms with Gasteiger partial charge in [0.1, 0.15) is 6.33 Å². The molecule has 0 saturated carbocycles. The zero-order chi connectivity index (χ0) is 10.3. The average molecular weight is 217 g/mol. The minimum Gasteiger partial charge on any atom is -0.285 e. The molecule has 0 aliphatic heterocycles. The summed E-state index contributed by atoms with van der Waals surface area (Å²) in [5.41, 5.74) is 2.60. The van der Waals surface area contributed by atoms with Gasteiger partial charge in [0.25, 0.3) is 0 Å². The van der Waals surface area contributed by atoms with Crippen LogP contribution >= 0.6 is 12.8 Å². The molecule has 15 heavy (non-hydrogen) atoms. The van der Waals surface area contributed by atoms with Crippen molar-refractivity contribution in [3.8, 4) is 11.3 Å². The summed E-state index contributed by atoms with van der Waals surface area (Å²) in [5.74, 6) is 0. The van der Waals surface area contributed by atoms with Crippen LogP contribution in [-0.2, 0) is 0 Å². The molecule has 0 aromatic carbocycles. The van der Waals surface area contributed by atoms with Crippen LogP contribution in [0.4, 0.5) is 0 Å². The molecular formula is C9H7N5S. The Morgan fingerprint density at radius 3 is 3.07 bits per heavy atom. The lowest BCUT2D eigenvalue weighted by atomic mass is 10.2. The summed E-state index contributed by atoms with van der Waals surface area (Å²) in [4.78, 5) is 8.40. The number of hydrogen-bond donors (Lipinski definition) is 2. The van der Waals surface area contributed by atoms with E-state index in [1.54, 1.807) is 16.4 Å². The van der Waals surface area contributed by atoms with E-state index in [1.165, 1.54) is 6.33 Å². The van der Waals surface area contributed by atoms with Gasteiger partial charge in [0.2, 0.25) is 0 Å². The second kappa shape index (κ2) is 3.09. The van der Waals surface area contributed by atoms with Crippen LogP contribution in [0.5, 0.6) is 0 Å². The molecule has 0 spiro atoms. The molecule has 6 heteroatoms. The number of nitrogens with one attached hydrogen (secondary N) is 1. The third-order valence-corrected chi connectivity index (χ3v) is 2.56. The predicted molar refractivity (Wildman–Crippen MR) is 59.5 cm³/mol. The van der Waals surface area contributed by atoms with Gasteiger partial charge in [-0.1, -0.05) is 12.8 Å². The first kappa shape index (κ1) is 8.49. The SMILES string of the molecule is Sn1ccc2c(-c3cn[nH]c3)ncnc21. The molecule has 0 bridgehead atoms. The van der Waals surface area contributed by atoms with Crippen LogP contribution in [0.1, 0.15) is 0 Å². The summed E-state index contributed by atoms with van der Waals surface area (Å²) in [7, 11) is 0. The summed E-state index contributed by atoms with van der Waals surface area (Å²) in [5, 5.41) is 7.63. The standard InChI is InChI=1S/C9H7N5S/c15-14-2-1-7-8(6-3-12-13-4-6)10-5-11-9(7)14/h1-5,15H,(H,12,13). The van der Waals surface area contributed by atoms with Crippen molar-refractivity contribution in [2.45, 2.75) is 0 Å². The van der Waals surface area contributed by atoms with E-state index in [0.717, 1.165) is 22.3 Å². The normalized spacial score (nSPS) is 11.0. The van der Waals surface area contributed by atoms with Gasteiger partial charge >= 0.3 is 0 Å². The maximum Gasteiger partial charge on any atom is 0.153 e. The Balaban J connectivity index is 2.36.